The van der Waals surface area contributed by atoms with Crippen LogP contribution in [-0.4, -0.2) is 32.4 Å². The van der Waals surface area contributed by atoms with Crippen molar-refractivity contribution < 1.29 is 14.7 Å². The van der Waals surface area contributed by atoms with Crippen molar-refractivity contribution in [1.29, 1.82) is 0 Å². The van der Waals surface area contributed by atoms with Crippen LogP contribution >= 0.6 is 0 Å². The van der Waals surface area contributed by atoms with Gasteiger partial charge in [0.25, 0.3) is 0 Å². The summed E-state index contributed by atoms with van der Waals surface area (Å²) in [6.45, 7) is 0.378. The lowest BCUT2D eigenvalue weighted by Gasteiger charge is -2.28. The Labute approximate surface area is 117 Å². The van der Waals surface area contributed by atoms with E-state index in [0.717, 1.165) is 31.2 Å². The number of aryl methyl sites for hydroxylation is 1. The number of urea groups is 1. The number of carbonyl (C=O) groups excluding carboxylic acids is 1. The van der Waals surface area contributed by atoms with Crippen molar-refractivity contribution in [2.75, 3.05) is 0 Å². The van der Waals surface area contributed by atoms with Gasteiger partial charge in [-0.1, -0.05) is 12.8 Å². The average Bonchev–Trinajstić information content (AvgIpc) is 2.95. The SMILES string of the molecule is Cn1cc(CNC(=O)NC2(CC(=O)O)CCCC2)cn1. The van der Waals surface area contributed by atoms with E-state index in [-0.39, 0.29) is 12.5 Å². The maximum Gasteiger partial charge on any atom is 0.315 e. The molecule has 1 heterocycles. The van der Waals surface area contributed by atoms with Gasteiger partial charge in [0.2, 0.25) is 0 Å². The number of amides is 2. The van der Waals surface area contributed by atoms with Crippen molar-refractivity contribution in [2.24, 2.45) is 7.05 Å². The zero-order valence-corrected chi connectivity index (χ0v) is 11.6. The van der Waals surface area contributed by atoms with E-state index in [9.17, 15) is 9.59 Å². The molecule has 7 nitrogen and oxygen atoms in total. The molecule has 0 unspecified atom stereocenters. The number of aromatic nitrogens is 2. The van der Waals surface area contributed by atoms with Gasteiger partial charge in [-0.15, -0.1) is 0 Å². The molecule has 0 aliphatic heterocycles. The zero-order chi connectivity index (χ0) is 14.6. The van der Waals surface area contributed by atoms with Gasteiger partial charge in [-0.2, -0.15) is 5.10 Å². The molecule has 7 heteroatoms. The highest BCUT2D eigenvalue weighted by atomic mass is 16.4. The molecule has 2 amide bonds. The monoisotopic (exact) mass is 280 g/mol. The topological polar surface area (TPSA) is 96.2 Å². The minimum atomic E-state index is -0.876. The second kappa shape index (κ2) is 5.94. The molecule has 1 aromatic heterocycles. The number of rotatable bonds is 5. The maximum absolute atomic E-state index is 11.9. The fourth-order valence-corrected chi connectivity index (χ4v) is 2.72. The molecule has 1 aliphatic rings. The van der Waals surface area contributed by atoms with Crippen LogP contribution < -0.4 is 10.6 Å². The number of nitrogens with one attached hydrogen (secondary N) is 2. The fourth-order valence-electron chi connectivity index (χ4n) is 2.72. The highest BCUT2D eigenvalue weighted by Gasteiger charge is 2.37. The summed E-state index contributed by atoms with van der Waals surface area (Å²) in [4.78, 5) is 22.9. The van der Waals surface area contributed by atoms with E-state index in [1.165, 1.54) is 0 Å². The van der Waals surface area contributed by atoms with E-state index in [0.29, 0.717) is 6.54 Å². The lowest BCUT2D eigenvalue weighted by molar-refractivity contribution is -0.138. The van der Waals surface area contributed by atoms with Crippen LogP contribution in [-0.2, 0) is 18.4 Å². The van der Waals surface area contributed by atoms with Gasteiger partial charge >= 0.3 is 12.0 Å². The largest absolute Gasteiger partial charge is 0.481 e. The fraction of sp³-hybridized carbons (Fsp3) is 0.615. The van der Waals surface area contributed by atoms with Gasteiger partial charge in [-0.25, -0.2) is 4.79 Å². The molecule has 0 saturated heterocycles. The minimum Gasteiger partial charge on any atom is -0.481 e. The van der Waals surface area contributed by atoms with Crippen molar-refractivity contribution in [1.82, 2.24) is 20.4 Å². The van der Waals surface area contributed by atoms with Crippen molar-refractivity contribution in [3.8, 4) is 0 Å². The van der Waals surface area contributed by atoms with Crippen LogP contribution in [0.3, 0.4) is 0 Å². The summed E-state index contributed by atoms with van der Waals surface area (Å²) < 4.78 is 1.66. The average molecular weight is 280 g/mol. The molecule has 1 fully saturated rings. The number of hydrogen-bond donors (Lipinski definition) is 3. The predicted octanol–water partition coefficient (Wildman–Crippen LogP) is 1.01. The standard InChI is InChI=1S/C13H20N4O3/c1-17-9-10(8-15-17)7-14-12(20)16-13(6-11(18)19)4-2-3-5-13/h8-9H,2-7H2,1H3,(H,18,19)(H2,14,16,20). The molecule has 3 N–H and O–H groups in total. The minimum absolute atomic E-state index is 0.0205. The van der Waals surface area contributed by atoms with Crippen LogP contribution in [0.4, 0.5) is 4.79 Å². The first-order valence-electron chi connectivity index (χ1n) is 6.74. The number of carboxylic acids is 1. The van der Waals surface area contributed by atoms with Gasteiger partial charge in [0.1, 0.15) is 0 Å². The molecular formula is C13H20N4O3. The molecule has 20 heavy (non-hydrogen) atoms. The first kappa shape index (κ1) is 14.4. The molecule has 1 aliphatic carbocycles. The molecular weight excluding hydrogens is 260 g/mol. The van der Waals surface area contributed by atoms with Crippen molar-refractivity contribution in [3.63, 3.8) is 0 Å². The third-order valence-electron chi connectivity index (χ3n) is 3.64. The first-order valence-corrected chi connectivity index (χ1v) is 6.74. The summed E-state index contributed by atoms with van der Waals surface area (Å²) in [5, 5.41) is 18.6. The molecule has 0 bridgehead atoms. The summed E-state index contributed by atoms with van der Waals surface area (Å²) in [6.07, 6.45) is 6.84. The van der Waals surface area contributed by atoms with Gasteiger partial charge < -0.3 is 15.7 Å². The molecule has 0 radical (unpaired) electrons. The van der Waals surface area contributed by atoms with Crippen molar-refractivity contribution in [2.45, 2.75) is 44.2 Å². The van der Waals surface area contributed by atoms with Crippen LogP contribution in [0.15, 0.2) is 12.4 Å². The third-order valence-corrected chi connectivity index (χ3v) is 3.64. The Kier molecular flexibility index (Phi) is 4.26. The molecule has 1 aromatic rings. The van der Waals surface area contributed by atoms with E-state index in [2.05, 4.69) is 15.7 Å². The number of carboxylic acid groups (broad SMARTS) is 1. The molecule has 0 spiro atoms. The number of aliphatic carboxylic acids is 1. The first-order chi connectivity index (χ1) is 9.49. The lowest BCUT2D eigenvalue weighted by atomic mass is 9.93. The molecule has 2 rings (SSSR count). The highest BCUT2D eigenvalue weighted by molar-refractivity contribution is 5.76. The van der Waals surface area contributed by atoms with Crippen LogP contribution in [0.25, 0.3) is 0 Å². The summed E-state index contributed by atoms with van der Waals surface area (Å²) in [5.74, 6) is -0.876. The second-order valence-corrected chi connectivity index (χ2v) is 5.39. The lowest BCUT2D eigenvalue weighted by Crippen LogP contribution is -2.51. The summed E-state index contributed by atoms with van der Waals surface area (Å²) in [6, 6.07) is -0.322. The van der Waals surface area contributed by atoms with Crippen LogP contribution in [0.5, 0.6) is 0 Å². The third kappa shape index (κ3) is 3.72. The summed E-state index contributed by atoms with van der Waals surface area (Å²) in [5.41, 5.74) is 0.312. The van der Waals surface area contributed by atoms with E-state index in [1.54, 1.807) is 10.9 Å². The van der Waals surface area contributed by atoms with E-state index in [1.807, 2.05) is 13.2 Å². The van der Waals surface area contributed by atoms with Crippen LogP contribution in [0.1, 0.15) is 37.7 Å². The number of nitrogens with zero attached hydrogens (tertiary/aromatic N) is 2. The second-order valence-electron chi connectivity index (χ2n) is 5.39. The maximum atomic E-state index is 11.9. The quantitative estimate of drug-likeness (QED) is 0.750. The van der Waals surface area contributed by atoms with Crippen molar-refractivity contribution >= 4 is 12.0 Å². The van der Waals surface area contributed by atoms with E-state index in [4.69, 9.17) is 5.11 Å². The Bertz CT molecular complexity index is 492. The van der Waals surface area contributed by atoms with Gasteiger partial charge in [0.15, 0.2) is 0 Å². The Morgan fingerprint density at radius 3 is 2.70 bits per heavy atom. The van der Waals surface area contributed by atoms with Gasteiger partial charge in [0, 0.05) is 25.4 Å². The Balaban J connectivity index is 1.87. The normalized spacial score (nSPS) is 16.9. The Morgan fingerprint density at radius 2 is 2.15 bits per heavy atom. The smallest absolute Gasteiger partial charge is 0.315 e. The zero-order valence-electron chi connectivity index (χ0n) is 11.6. The highest BCUT2D eigenvalue weighted by Crippen LogP contribution is 2.32. The van der Waals surface area contributed by atoms with Gasteiger partial charge in [0.05, 0.1) is 18.2 Å². The molecule has 110 valence electrons. The van der Waals surface area contributed by atoms with E-state index < -0.39 is 11.5 Å². The van der Waals surface area contributed by atoms with E-state index >= 15 is 0 Å². The Hall–Kier alpha value is -2.05. The molecule has 1 saturated carbocycles. The molecule has 0 aromatic carbocycles. The number of hydrogen-bond acceptors (Lipinski definition) is 3. The summed E-state index contributed by atoms with van der Waals surface area (Å²) >= 11 is 0. The van der Waals surface area contributed by atoms with Crippen LogP contribution in [0, 0.1) is 0 Å². The van der Waals surface area contributed by atoms with Crippen LogP contribution in [0.2, 0.25) is 0 Å². The number of carbonyl (C=O) groups is 2. The van der Waals surface area contributed by atoms with Gasteiger partial charge in [-0.3, -0.25) is 9.48 Å². The predicted molar refractivity (Wildman–Crippen MR) is 72.0 cm³/mol. The molecule has 0 atom stereocenters. The van der Waals surface area contributed by atoms with Gasteiger partial charge in [-0.05, 0) is 12.8 Å². The Morgan fingerprint density at radius 1 is 1.45 bits per heavy atom. The van der Waals surface area contributed by atoms with Crippen molar-refractivity contribution in [3.05, 3.63) is 18.0 Å². The summed E-state index contributed by atoms with van der Waals surface area (Å²) in [7, 11) is 1.81.